The van der Waals surface area contributed by atoms with Crippen molar-refractivity contribution in [3.8, 4) is 11.4 Å². The number of nitrogens with one attached hydrogen (secondary N) is 1. The predicted molar refractivity (Wildman–Crippen MR) is 105 cm³/mol. The average molecular weight is 412 g/mol. The number of H-pyrrole nitrogens is 1. The summed E-state index contributed by atoms with van der Waals surface area (Å²) >= 11 is 0. The van der Waals surface area contributed by atoms with Crippen LogP contribution < -0.4 is 0 Å². The van der Waals surface area contributed by atoms with Gasteiger partial charge in [0, 0.05) is 17.1 Å². The smallest absolute Gasteiger partial charge is 0.309 e. The molecule has 1 N–H and O–H groups in total. The lowest BCUT2D eigenvalue weighted by Crippen LogP contribution is -2.45. The van der Waals surface area contributed by atoms with E-state index in [2.05, 4.69) is 19.9 Å². The van der Waals surface area contributed by atoms with Gasteiger partial charge in [-0.3, -0.25) is 4.79 Å². The van der Waals surface area contributed by atoms with Gasteiger partial charge in [0.2, 0.25) is 0 Å². The number of fused-ring (bicyclic) bond motifs is 4. The standard InChI is InChI=1S/C22H22F2N4O2/c1-30-22(29)19-12-4-2-11(3-5-12)14(19)7-18-17(24)10-27-21(28-18)16-9-26-20-15(16)6-13(23)8-25-20/h6,8-12,14,19H,2-5,7H2,1H3,(H,25,26)/t11?,12?,14-,19-/m0/s1. The summed E-state index contributed by atoms with van der Waals surface area (Å²) in [5.74, 6) is -0.417. The molecule has 0 saturated heterocycles. The van der Waals surface area contributed by atoms with Crippen molar-refractivity contribution >= 4 is 17.0 Å². The van der Waals surface area contributed by atoms with E-state index in [1.165, 1.54) is 13.2 Å². The molecule has 3 aromatic heterocycles. The Hall–Kier alpha value is -2.90. The number of aromatic amines is 1. The Morgan fingerprint density at radius 3 is 2.70 bits per heavy atom. The molecule has 6 nitrogen and oxygen atoms in total. The first kappa shape index (κ1) is 19.1. The SMILES string of the molecule is COC(=O)[C@H]1C2CCC(CC2)[C@@H]1Cc1nc(-c2c[nH]c3ncc(F)cc23)ncc1F. The van der Waals surface area contributed by atoms with E-state index >= 15 is 0 Å². The molecular formula is C22H22F2N4O2. The van der Waals surface area contributed by atoms with Gasteiger partial charge in [0.05, 0.1) is 31.1 Å². The van der Waals surface area contributed by atoms with Crippen molar-refractivity contribution in [2.45, 2.75) is 32.1 Å². The van der Waals surface area contributed by atoms with Gasteiger partial charge < -0.3 is 9.72 Å². The number of esters is 1. The summed E-state index contributed by atoms with van der Waals surface area (Å²) in [5, 5.41) is 0.539. The number of methoxy groups -OCH3 is 1. The minimum Gasteiger partial charge on any atom is -0.469 e. The number of carbonyl (C=O) groups excluding carboxylic acids is 1. The lowest BCUT2D eigenvalue weighted by atomic mass is 9.57. The molecule has 3 aliphatic carbocycles. The van der Waals surface area contributed by atoms with E-state index in [0.717, 1.165) is 38.1 Å². The van der Waals surface area contributed by atoms with E-state index in [-0.39, 0.29) is 23.5 Å². The maximum Gasteiger partial charge on any atom is 0.309 e. The molecule has 0 amide bonds. The molecule has 0 spiro atoms. The van der Waals surface area contributed by atoms with Crippen LogP contribution in [-0.2, 0) is 16.0 Å². The van der Waals surface area contributed by atoms with Crippen molar-refractivity contribution < 1.29 is 18.3 Å². The summed E-state index contributed by atoms with van der Waals surface area (Å²) in [5.41, 5.74) is 1.36. The van der Waals surface area contributed by atoms with Gasteiger partial charge in [-0.05, 0) is 55.9 Å². The molecule has 30 heavy (non-hydrogen) atoms. The molecule has 3 heterocycles. The summed E-state index contributed by atoms with van der Waals surface area (Å²) in [4.78, 5) is 28.1. The van der Waals surface area contributed by atoms with Crippen molar-refractivity contribution in [3.05, 3.63) is 42.0 Å². The molecule has 3 fully saturated rings. The third-order valence-electron chi connectivity index (χ3n) is 6.85. The zero-order chi connectivity index (χ0) is 20.8. The molecule has 3 aliphatic rings. The summed E-state index contributed by atoms with van der Waals surface area (Å²) in [7, 11) is 1.41. The summed E-state index contributed by atoms with van der Waals surface area (Å²) in [6, 6.07) is 1.36. The molecule has 2 atom stereocenters. The van der Waals surface area contributed by atoms with Crippen molar-refractivity contribution in [2.75, 3.05) is 7.11 Å². The molecular weight excluding hydrogens is 390 g/mol. The fourth-order valence-corrected chi connectivity index (χ4v) is 5.43. The number of pyridine rings is 1. The number of aromatic nitrogens is 4. The molecule has 2 bridgehead atoms. The van der Waals surface area contributed by atoms with Gasteiger partial charge in [-0.25, -0.2) is 23.7 Å². The number of nitrogens with zero attached hydrogens (tertiary/aromatic N) is 3. The van der Waals surface area contributed by atoms with E-state index in [9.17, 15) is 13.6 Å². The normalized spacial score (nSPS) is 25.6. The Morgan fingerprint density at radius 2 is 1.93 bits per heavy atom. The zero-order valence-corrected chi connectivity index (χ0v) is 16.6. The van der Waals surface area contributed by atoms with Gasteiger partial charge in [0.15, 0.2) is 11.6 Å². The van der Waals surface area contributed by atoms with Crippen LogP contribution in [0.4, 0.5) is 8.78 Å². The second-order valence-electron chi connectivity index (χ2n) is 8.33. The van der Waals surface area contributed by atoms with Crippen LogP contribution in [0.5, 0.6) is 0 Å². The molecule has 3 saturated carbocycles. The zero-order valence-electron chi connectivity index (χ0n) is 16.6. The van der Waals surface area contributed by atoms with Gasteiger partial charge in [0.25, 0.3) is 0 Å². The largest absolute Gasteiger partial charge is 0.469 e. The molecule has 0 aromatic carbocycles. The highest BCUT2D eigenvalue weighted by atomic mass is 19.1. The van der Waals surface area contributed by atoms with Crippen molar-refractivity contribution in [1.82, 2.24) is 19.9 Å². The molecule has 156 valence electrons. The number of hydrogen-bond acceptors (Lipinski definition) is 5. The summed E-state index contributed by atoms with van der Waals surface area (Å²) < 4.78 is 33.4. The van der Waals surface area contributed by atoms with Crippen LogP contribution in [-0.4, -0.2) is 33.0 Å². The monoisotopic (exact) mass is 412 g/mol. The van der Waals surface area contributed by atoms with Crippen molar-refractivity contribution in [2.24, 2.45) is 23.7 Å². The van der Waals surface area contributed by atoms with Gasteiger partial charge in [-0.1, -0.05) is 0 Å². The third-order valence-corrected chi connectivity index (χ3v) is 6.85. The van der Waals surface area contributed by atoms with Crippen LogP contribution in [0.25, 0.3) is 22.4 Å². The van der Waals surface area contributed by atoms with E-state index in [1.807, 2.05) is 0 Å². The second-order valence-corrected chi connectivity index (χ2v) is 8.33. The Labute approximate surface area is 172 Å². The highest BCUT2D eigenvalue weighted by Crippen LogP contribution is 2.50. The third kappa shape index (κ3) is 3.14. The predicted octanol–water partition coefficient (Wildman–Crippen LogP) is 4.07. The molecule has 0 unspecified atom stereocenters. The van der Waals surface area contributed by atoms with Crippen LogP contribution in [0.2, 0.25) is 0 Å². The maximum absolute atomic E-state index is 14.7. The van der Waals surface area contributed by atoms with E-state index in [4.69, 9.17) is 4.74 Å². The summed E-state index contributed by atoms with van der Waals surface area (Å²) in [6.07, 6.45) is 8.43. The topological polar surface area (TPSA) is 80.8 Å². The van der Waals surface area contributed by atoms with Crippen LogP contribution >= 0.6 is 0 Å². The molecule has 6 rings (SSSR count). The van der Waals surface area contributed by atoms with E-state index < -0.39 is 11.6 Å². The lowest BCUT2D eigenvalue weighted by molar-refractivity contribution is -0.156. The highest BCUT2D eigenvalue weighted by Gasteiger charge is 2.47. The Balaban J connectivity index is 1.50. The number of carbonyl (C=O) groups is 1. The van der Waals surface area contributed by atoms with Gasteiger partial charge in [-0.2, -0.15) is 0 Å². The number of halogens is 2. The molecule has 0 aliphatic heterocycles. The minimum absolute atomic E-state index is 0.00396. The fraction of sp³-hybridized carbons (Fsp3) is 0.455. The minimum atomic E-state index is -0.493. The van der Waals surface area contributed by atoms with Crippen LogP contribution in [0, 0.1) is 35.3 Å². The Kier molecular flexibility index (Phi) is 4.72. The molecule has 8 heteroatoms. The van der Waals surface area contributed by atoms with Crippen LogP contribution in [0.3, 0.4) is 0 Å². The Bertz CT molecular complexity index is 1110. The second kappa shape index (κ2) is 7.41. The molecule has 3 aromatic rings. The first-order chi connectivity index (χ1) is 14.5. The van der Waals surface area contributed by atoms with Crippen LogP contribution in [0.15, 0.2) is 24.7 Å². The maximum atomic E-state index is 14.7. The van der Waals surface area contributed by atoms with Gasteiger partial charge >= 0.3 is 5.97 Å². The van der Waals surface area contributed by atoms with E-state index in [1.54, 1.807) is 6.20 Å². The van der Waals surface area contributed by atoms with Crippen LogP contribution in [0.1, 0.15) is 31.4 Å². The van der Waals surface area contributed by atoms with Gasteiger partial charge in [-0.15, -0.1) is 0 Å². The quantitative estimate of drug-likeness (QED) is 0.654. The van der Waals surface area contributed by atoms with Gasteiger partial charge in [0.1, 0.15) is 11.5 Å². The van der Waals surface area contributed by atoms with Crippen molar-refractivity contribution in [3.63, 3.8) is 0 Å². The summed E-state index contributed by atoms with van der Waals surface area (Å²) in [6.45, 7) is 0. The first-order valence-electron chi connectivity index (χ1n) is 10.3. The number of rotatable bonds is 4. The molecule has 0 radical (unpaired) electrons. The lowest BCUT2D eigenvalue weighted by Gasteiger charge is -2.47. The average Bonchev–Trinajstić information content (AvgIpc) is 3.18. The number of hydrogen-bond donors (Lipinski definition) is 1. The number of ether oxygens (including phenoxy) is 1. The highest BCUT2D eigenvalue weighted by molar-refractivity contribution is 5.91. The Morgan fingerprint density at radius 1 is 1.17 bits per heavy atom. The fourth-order valence-electron chi connectivity index (χ4n) is 5.43. The van der Waals surface area contributed by atoms with E-state index in [0.29, 0.717) is 40.7 Å². The van der Waals surface area contributed by atoms with Crippen molar-refractivity contribution in [1.29, 1.82) is 0 Å². The first-order valence-corrected chi connectivity index (χ1v) is 10.3.